The van der Waals surface area contributed by atoms with Gasteiger partial charge in [0.05, 0.1) is 52.1 Å². The van der Waals surface area contributed by atoms with Crippen LogP contribution in [0.15, 0.2) is 89.0 Å². The van der Waals surface area contributed by atoms with Crippen LogP contribution in [0.2, 0.25) is 0 Å². The number of carbonyl (C=O) groups excluding carboxylic acids is 3. The van der Waals surface area contributed by atoms with Crippen molar-refractivity contribution < 1.29 is 50.5 Å². The second-order valence-electron chi connectivity index (χ2n) is 12.4. The topological polar surface area (TPSA) is 179 Å². The number of hydrazine groups is 1. The van der Waals surface area contributed by atoms with E-state index in [1.165, 1.54) is 36.2 Å². The van der Waals surface area contributed by atoms with Gasteiger partial charge in [-0.05, 0) is 75.1 Å². The molecule has 4 aromatic rings. The third-order valence-corrected chi connectivity index (χ3v) is 10.0. The van der Waals surface area contributed by atoms with Gasteiger partial charge in [-0.25, -0.2) is 27.5 Å². The number of hydrogen-bond donors (Lipinski definition) is 1. The fourth-order valence-electron chi connectivity index (χ4n) is 5.81. The molecule has 1 unspecified atom stereocenters. The average Bonchev–Trinajstić information content (AvgIpc) is 3.70. The van der Waals surface area contributed by atoms with Crippen molar-refractivity contribution in [1.82, 2.24) is 24.4 Å². The number of nitrogens with one attached hydrogen (secondary N) is 1. The molecule has 1 saturated heterocycles. The zero-order valence-corrected chi connectivity index (χ0v) is 29.0. The van der Waals surface area contributed by atoms with E-state index in [1.807, 2.05) is 11.6 Å². The molecule has 15 nitrogen and oxygen atoms in total. The molecule has 0 saturated carbocycles. The van der Waals surface area contributed by atoms with Crippen LogP contribution in [0.5, 0.6) is 0 Å². The molecule has 19 heteroatoms. The van der Waals surface area contributed by atoms with Crippen molar-refractivity contribution in [3.63, 3.8) is 0 Å². The second kappa shape index (κ2) is 14.6. The van der Waals surface area contributed by atoms with Crippen LogP contribution in [0.4, 0.5) is 18.0 Å². The number of hydrogen-bond acceptors (Lipinski definition) is 10. The molecule has 3 amide bonds. The summed E-state index contributed by atoms with van der Waals surface area (Å²) < 4.78 is 74.5. The van der Waals surface area contributed by atoms with Crippen LogP contribution in [0.3, 0.4) is 0 Å². The van der Waals surface area contributed by atoms with E-state index in [-0.39, 0.29) is 58.0 Å². The molecule has 0 bridgehead atoms. The lowest BCUT2D eigenvalue weighted by molar-refractivity contribution is -0.714. The zero-order valence-electron chi connectivity index (χ0n) is 28.2. The number of ether oxygens (including phenoxy) is 1. The number of imide groups is 1. The van der Waals surface area contributed by atoms with Gasteiger partial charge in [0, 0.05) is 5.56 Å². The molecule has 1 aromatic heterocycles. The van der Waals surface area contributed by atoms with E-state index in [4.69, 9.17) is 9.57 Å². The summed E-state index contributed by atoms with van der Waals surface area (Å²) in [6.07, 6.45) is -6.37. The van der Waals surface area contributed by atoms with Crippen molar-refractivity contribution in [2.24, 2.45) is 11.2 Å². The van der Waals surface area contributed by atoms with Crippen molar-refractivity contribution >= 4 is 27.9 Å². The summed E-state index contributed by atoms with van der Waals surface area (Å²) >= 11 is 0. The number of alkyl halides is 3. The smallest absolute Gasteiger partial charge is 0.435 e. The van der Waals surface area contributed by atoms with Crippen molar-refractivity contribution in [3.05, 3.63) is 106 Å². The Kier molecular flexibility index (Phi) is 10.1. The Labute approximate surface area is 300 Å². The monoisotopic (exact) mass is 755 g/mol. The quantitative estimate of drug-likeness (QED) is 0.0948. The number of aryl methyl sites for hydroxylation is 1. The third kappa shape index (κ3) is 7.93. The van der Waals surface area contributed by atoms with Gasteiger partial charge in [0.2, 0.25) is 11.5 Å². The minimum Gasteiger partial charge on any atom is -0.569 e. The maximum absolute atomic E-state index is 13.5. The second-order valence-corrected chi connectivity index (χ2v) is 14.0. The molecule has 0 radical (unpaired) electrons. The number of amides is 3. The Bertz CT molecular complexity index is 2130. The summed E-state index contributed by atoms with van der Waals surface area (Å²) in [5, 5.41) is 21.1. The van der Waals surface area contributed by atoms with Gasteiger partial charge >= 0.3 is 12.3 Å². The number of halogens is 3. The highest BCUT2D eigenvalue weighted by Gasteiger charge is 2.40. The highest BCUT2D eigenvalue weighted by Crippen LogP contribution is 2.33. The first-order valence-electron chi connectivity index (χ1n) is 16.2. The number of aromatic nitrogens is 2. The number of rotatable bonds is 10. The van der Waals surface area contributed by atoms with E-state index < -0.39 is 46.0 Å². The molecule has 3 heterocycles. The van der Waals surface area contributed by atoms with Gasteiger partial charge in [0.15, 0.2) is 5.69 Å². The molecule has 1 fully saturated rings. The number of piperidine rings is 1. The Balaban J connectivity index is 0.995. The van der Waals surface area contributed by atoms with E-state index in [0.29, 0.717) is 18.4 Å². The van der Waals surface area contributed by atoms with Crippen LogP contribution < -0.4 is 4.72 Å². The van der Waals surface area contributed by atoms with Gasteiger partial charge in [0.25, 0.3) is 21.8 Å². The third-order valence-electron chi connectivity index (χ3n) is 8.70. The van der Waals surface area contributed by atoms with Gasteiger partial charge in [-0.15, -0.1) is 5.01 Å². The molecule has 3 aromatic carbocycles. The highest BCUT2D eigenvalue weighted by atomic mass is 32.2. The maximum Gasteiger partial charge on any atom is 0.435 e. The number of nitrogens with zero attached hydrogens (tertiary/aromatic N) is 6. The first-order valence-corrected chi connectivity index (χ1v) is 17.7. The van der Waals surface area contributed by atoms with Crippen molar-refractivity contribution in [3.8, 4) is 16.9 Å². The van der Waals surface area contributed by atoms with Crippen LogP contribution in [0, 0.1) is 18.0 Å². The van der Waals surface area contributed by atoms with Crippen molar-refractivity contribution in [2.75, 3.05) is 19.7 Å². The lowest BCUT2D eigenvalue weighted by Crippen LogP contribution is -2.41. The summed E-state index contributed by atoms with van der Waals surface area (Å²) in [4.78, 5) is 43.6. The largest absolute Gasteiger partial charge is 0.569 e. The number of benzene rings is 3. The molecule has 2 aliphatic heterocycles. The van der Waals surface area contributed by atoms with Gasteiger partial charge < -0.3 is 14.8 Å². The van der Waals surface area contributed by atoms with Crippen LogP contribution in [0.25, 0.3) is 16.9 Å². The number of fused-ring (bicyclic) bond motifs is 1. The fraction of sp³-hybridized carbons (Fsp3) is 0.294. The molecule has 0 spiro atoms. The van der Waals surface area contributed by atoms with Crippen LogP contribution >= 0.6 is 0 Å². The molecule has 2 aliphatic rings. The number of sulfonamides is 1. The van der Waals surface area contributed by atoms with Gasteiger partial charge in [-0.1, -0.05) is 42.0 Å². The SMILES string of the molecule is Cc1ccc(-c2cc(C(F)(F)F)nn2-c2ccc(S(=O)(=O)NC(=O)OCC3CCN(/[N+]([O-])=N/OC(C)N4C(=O)c5ccccc5C4=O)CC3)cc2)cc1. The van der Waals surface area contributed by atoms with Crippen LogP contribution in [0.1, 0.15) is 51.7 Å². The normalized spacial score (nSPS) is 16.1. The Hall–Kier alpha value is -5.98. The van der Waals surface area contributed by atoms with E-state index >= 15 is 0 Å². The first-order chi connectivity index (χ1) is 25.1. The van der Waals surface area contributed by atoms with Crippen LogP contribution in [-0.2, 0) is 25.8 Å². The van der Waals surface area contributed by atoms with Crippen molar-refractivity contribution in [1.29, 1.82) is 0 Å². The Morgan fingerprint density at radius 3 is 2.21 bits per heavy atom. The lowest BCUT2D eigenvalue weighted by Gasteiger charge is -2.28. The number of carbonyl (C=O) groups is 3. The van der Waals surface area contributed by atoms with E-state index in [9.17, 15) is 41.2 Å². The summed E-state index contributed by atoms with van der Waals surface area (Å²) in [5.41, 5.74) is 0.987. The first kappa shape index (κ1) is 36.8. The molecule has 1 atom stereocenters. The molecular weight excluding hydrogens is 723 g/mol. The minimum absolute atomic E-state index is 0.139. The van der Waals surface area contributed by atoms with E-state index in [0.717, 1.165) is 33.3 Å². The summed E-state index contributed by atoms with van der Waals surface area (Å²) in [6.45, 7) is 3.46. The summed E-state index contributed by atoms with van der Waals surface area (Å²) in [6, 6.07) is 18.7. The molecular formula is C34H32F3N7O8S. The van der Waals surface area contributed by atoms with E-state index in [2.05, 4.69) is 10.4 Å². The van der Waals surface area contributed by atoms with Gasteiger partial charge in [-0.2, -0.15) is 18.3 Å². The van der Waals surface area contributed by atoms with E-state index in [1.54, 1.807) is 36.4 Å². The van der Waals surface area contributed by atoms with Crippen molar-refractivity contribution in [2.45, 2.75) is 44.0 Å². The average molecular weight is 756 g/mol. The van der Waals surface area contributed by atoms with Crippen LogP contribution in [-0.4, -0.2) is 76.9 Å². The van der Waals surface area contributed by atoms with Gasteiger partial charge in [0.1, 0.15) is 0 Å². The minimum atomic E-state index is -4.72. The predicted molar refractivity (Wildman–Crippen MR) is 178 cm³/mol. The predicted octanol–water partition coefficient (Wildman–Crippen LogP) is 5.44. The lowest BCUT2D eigenvalue weighted by atomic mass is 9.99. The Morgan fingerprint density at radius 1 is 1.02 bits per heavy atom. The van der Waals surface area contributed by atoms with Gasteiger partial charge in [-0.3, -0.25) is 9.59 Å². The fourth-order valence-corrected chi connectivity index (χ4v) is 6.70. The zero-order chi connectivity index (χ0) is 38.1. The molecule has 53 heavy (non-hydrogen) atoms. The Morgan fingerprint density at radius 2 is 1.62 bits per heavy atom. The summed E-state index contributed by atoms with van der Waals surface area (Å²) in [7, 11) is -4.42. The highest BCUT2D eigenvalue weighted by molar-refractivity contribution is 7.90. The molecule has 6 rings (SSSR count). The molecule has 0 aliphatic carbocycles. The molecule has 278 valence electrons. The standard InChI is InChI=1S/C34H32F3N7O8S/c1-21-7-9-24(10-8-21)29-19-30(34(35,36)37)38-43(29)25-11-13-26(14-12-25)53(49,50)39-33(47)51-20-23-15-17-41(18-16-23)44(48)40-52-22(2)42-31(45)27-5-3-4-6-28(27)32(42)46/h3-14,19,22-23H,15-18,20H2,1-2H3,(H,39,47)/b44-40-. The maximum atomic E-state index is 13.5. The summed E-state index contributed by atoms with van der Waals surface area (Å²) in [5.74, 6) is -1.35. The molecule has 1 N–H and O–H groups in total.